The Morgan fingerprint density at radius 3 is 2.70 bits per heavy atom. The third-order valence-corrected chi connectivity index (χ3v) is 4.83. The molecule has 1 aliphatic rings. The van der Waals surface area contributed by atoms with Crippen LogP contribution in [0.2, 0.25) is 0 Å². The Labute approximate surface area is 124 Å². The molecule has 0 saturated heterocycles. The summed E-state index contributed by atoms with van der Waals surface area (Å²) >= 11 is 0. The molecule has 1 aromatic heterocycles. The number of hydrogen-bond donors (Lipinski definition) is 1. The Kier molecular flexibility index (Phi) is 6.08. The van der Waals surface area contributed by atoms with Crippen molar-refractivity contribution in [3.63, 3.8) is 0 Å². The van der Waals surface area contributed by atoms with Crippen LogP contribution in [0.15, 0.2) is 12.3 Å². The largest absolute Gasteiger partial charge is 0.314 e. The van der Waals surface area contributed by atoms with Crippen LogP contribution in [0, 0.1) is 5.92 Å². The fourth-order valence-electron chi connectivity index (χ4n) is 3.60. The molecule has 114 valence electrons. The molecule has 0 radical (unpaired) electrons. The number of nitrogens with one attached hydrogen (secondary N) is 1. The first-order chi connectivity index (χ1) is 9.78. The molecular formula is C17H31N3. The first kappa shape index (κ1) is 15.6. The van der Waals surface area contributed by atoms with Gasteiger partial charge in [0.25, 0.3) is 0 Å². The molecule has 1 aromatic rings. The van der Waals surface area contributed by atoms with Gasteiger partial charge in [0.1, 0.15) is 0 Å². The summed E-state index contributed by atoms with van der Waals surface area (Å²) in [5.41, 5.74) is 1.28. The van der Waals surface area contributed by atoms with Gasteiger partial charge in [-0.3, -0.25) is 4.68 Å². The highest BCUT2D eigenvalue weighted by atomic mass is 15.3. The SMILES string of the molecule is CCNC1CCCCC1Cc1ccn(C(CC)CC)n1. The minimum Gasteiger partial charge on any atom is -0.314 e. The maximum absolute atomic E-state index is 4.83. The van der Waals surface area contributed by atoms with Crippen molar-refractivity contribution in [2.45, 2.75) is 77.8 Å². The van der Waals surface area contributed by atoms with Crippen LogP contribution in [0.1, 0.15) is 71.0 Å². The highest BCUT2D eigenvalue weighted by Gasteiger charge is 2.25. The predicted molar refractivity (Wildman–Crippen MR) is 85.0 cm³/mol. The topological polar surface area (TPSA) is 29.9 Å². The Bertz CT molecular complexity index is 379. The van der Waals surface area contributed by atoms with Crippen molar-refractivity contribution in [1.29, 1.82) is 0 Å². The van der Waals surface area contributed by atoms with E-state index in [-0.39, 0.29) is 0 Å². The summed E-state index contributed by atoms with van der Waals surface area (Å²) in [6.07, 6.45) is 11.1. The lowest BCUT2D eigenvalue weighted by atomic mass is 9.81. The van der Waals surface area contributed by atoms with E-state index >= 15 is 0 Å². The zero-order valence-corrected chi connectivity index (χ0v) is 13.4. The molecule has 3 nitrogen and oxygen atoms in total. The van der Waals surface area contributed by atoms with Crippen molar-refractivity contribution in [3.8, 4) is 0 Å². The van der Waals surface area contributed by atoms with Crippen LogP contribution >= 0.6 is 0 Å². The van der Waals surface area contributed by atoms with E-state index in [1.165, 1.54) is 44.2 Å². The average molecular weight is 277 g/mol. The van der Waals surface area contributed by atoms with Gasteiger partial charge in [0.05, 0.1) is 11.7 Å². The Balaban J connectivity index is 1.97. The molecule has 0 spiro atoms. The lowest BCUT2D eigenvalue weighted by Crippen LogP contribution is -2.39. The van der Waals surface area contributed by atoms with E-state index in [4.69, 9.17) is 5.10 Å². The van der Waals surface area contributed by atoms with E-state index in [0.717, 1.165) is 18.9 Å². The summed E-state index contributed by atoms with van der Waals surface area (Å²) in [7, 11) is 0. The van der Waals surface area contributed by atoms with E-state index in [9.17, 15) is 0 Å². The molecule has 1 saturated carbocycles. The van der Waals surface area contributed by atoms with Crippen LogP contribution in [0.25, 0.3) is 0 Å². The molecule has 1 heterocycles. The summed E-state index contributed by atoms with van der Waals surface area (Å²) in [6, 6.07) is 3.50. The molecule has 1 aliphatic carbocycles. The lowest BCUT2D eigenvalue weighted by molar-refractivity contribution is 0.262. The lowest BCUT2D eigenvalue weighted by Gasteiger charge is -2.31. The van der Waals surface area contributed by atoms with E-state index in [1.54, 1.807) is 0 Å². The molecule has 0 bridgehead atoms. The Morgan fingerprint density at radius 1 is 1.25 bits per heavy atom. The van der Waals surface area contributed by atoms with E-state index in [0.29, 0.717) is 12.1 Å². The molecule has 0 aromatic carbocycles. The molecule has 2 rings (SSSR count). The predicted octanol–water partition coefficient (Wildman–Crippen LogP) is 3.96. The first-order valence-electron chi connectivity index (χ1n) is 8.55. The summed E-state index contributed by atoms with van der Waals surface area (Å²) in [5.74, 6) is 0.772. The Hall–Kier alpha value is -0.830. The normalized spacial score (nSPS) is 23.4. The van der Waals surface area contributed by atoms with Gasteiger partial charge in [-0.05, 0) is 50.6 Å². The summed E-state index contributed by atoms with van der Waals surface area (Å²) in [6.45, 7) is 7.80. The van der Waals surface area contributed by atoms with Crippen molar-refractivity contribution in [1.82, 2.24) is 15.1 Å². The molecular weight excluding hydrogens is 246 g/mol. The van der Waals surface area contributed by atoms with E-state index < -0.39 is 0 Å². The minimum atomic E-state index is 0.569. The number of hydrogen-bond acceptors (Lipinski definition) is 2. The van der Waals surface area contributed by atoms with Crippen LogP contribution in [-0.4, -0.2) is 22.4 Å². The summed E-state index contributed by atoms with van der Waals surface area (Å²) < 4.78 is 2.18. The fourth-order valence-corrected chi connectivity index (χ4v) is 3.60. The molecule has 1 fully saturated rings. The monoisotopic (exact) mass is 277 g/mol. The molecule has 2 unspecified atom stereocenters. The molecule has 2 atom stereocenters. The van der Waals surface area contributed by atoms with E-state index in [1.807, 2.05) is 0 Å². The average Bonchev–Trinajstić information content (AvgIpc) is 2.91. The van der Waals surface area contributed by atoms with Crippen LogP contribution in [-0.2, 0) is 6.42 Å². The van der Waals surface area contributed by atoms with Gasteiger partial charge in [-0.25, -0.2) is 0 Å². The van der Waals surface area contributed by atoms with Crippen LogP contribution in [0.3, 0.4) is 0 Å². The van der Waals surface area contributed by atoms with E-state index in [2.05, 4.69) is 43.0 Å². The second-order valence-corrected chi connectivity index (χ2v) is 6.17. The zero-order valence-electron chi connectivity index (χ0n) is 13.4. The van der Waals surface area contributed by atoms with Gasteiger partial charge < -0.3 is 5.32 Å². The standard InChI is InChI=1S/C17H31N3/c1-4-16(5-2)20-12-11-15(19-20)13-14-9-7-8-10-17(14)18-6-3/h11-12,14,16-18H,4-10,13H2,1-3H3. The van der Waals surface area contributed by atoms with Crippen molar-refractivity contribution >= 4 is 0 Å². The van der Waals surface area contributed by atoms with Crippen LogP contribution in [0.4, 0.5) is 0 Å². The van der Waals surface area contributed by atoms with Crippen molar-refractivity contribution in [2.75, 3.05) is 6.54 Å². The van der Waals surface area contributed by atoms with Crippen LogP contribution in [0.5, 0.6) is 0 Å². The van der Waals surface area contributed by atoms with Gasteiger partial charge in [-0.15, -0.1) is 0 Å². The van der Waals surface area contributed by atoms with Crippen molar-refractivity contribution in [3.05, 3.63) is 18.0 Å². The first-order valence-corrected chi connectivity index (χ1v) is 8.55. The highest BCUT2D eigenvalue weighted by molar-refractivity contribution is 5.03. The van der Waals surface area contributed by atoms with Gasteiger partial charge in [-0.2, -0.15) is 5.10 Å². The third kappa shape index (κ3) is 3.85. The van der Waals surface area contributed by atoms with Crippen molar-refractivity contribution < 1.29 is 0 Å². The second kappa shape index (κ2) is 7.82. The summed E-state index contributed by atoms with van der Waals surface area (Å²) in [4.78, 5) is 0. The summed E-state index contributed by atoms with van der Waals surface area (Å²) in [5, 5.41) is 8.50. The smallest absolute Gasteiger partial charge is 0.0628 e. The van der Waals surface area contributed by atoms with Crippen molar-refractivity contribution in [2.24, 2.45) is 5.92 Å². The van der Waals surface area contributed by atoms with Gasteiger partial charge in [0.15, 0.2) is 0 Å². The molecule has 0 amide bonds. The quantitative estimate of drug-likeness (QED) is 0.817. The molecule has 0 aliphatic heterocycles. The highest BCUT2D eigenvalue weighted by Crippen LogP contribution is 2.27. The molecule has 20 heavy (non-hydrogen) atoms. The van der Waals surface area contributed by atoms with Gasteiger partial charge in [0.2, 0.25) is 0 Å². The van der Waals surface area contributed by atoms with Crippen LogP contribution < -0.4 is 5.32 Å². The number of aromatic nitrogens is 2. The van der Waals surface area contributed by atoms with Gasteiger partial charge in [0, 0.05) is 12.2 Å². The fraction of sp³-hybridized carbons (Fsp3) is 0.824. The number of rotatable bonds is 7. The maximum Gasteiger partial charge on any atom is 0.0628 e. The van der Waals surface area contributed by atoms with Gasteiger partial charge >= 0.3 is 0 Å². The zero-order chi connectivity index (χ0) is 14.4. The number of nitrogens with zero attached hydrogens (tertiary/aromatic N) is 2. The maximum atomic E-state index is 4.83. The molecule has 3 heteroatoms. The minimum absolute atomic E-state index is 0.569. The second-order valence-electron chi connectivity index (χ2n) is 6.17. The Morgan fingerprint density at radius 2 is 2.00 bits per heavy atom. The molecule has 1 N–H and O–H groups in total. The third-order valence-electron chi connectivity index (χ3n) is 4.83. The van der Waals surface area contributed by atoms with Gasteiger partial charge in [-0.1, -0.05) is 33.6 Å².